The Bertz CT molecular complexity index is 457. The molecule has 0 spiro atoms. The van der Waals surface area contributed by atoms with E-state index in [4.69, 9.17) is 4.42 Å². The van der Waals surface area contributed by atoms with Crippen LogP contribution in [0.2, 0.25) is 0 Å². The van der Waals surface area contributed by atoms with Gasteiger partial charge in [-0.15, -0.1) is 0 Å². The van der Waals surface area contributed by atoms with Gasteiger partial charge in [-0.25, -0.2) is 0 Å². The molecule has 82 valence electrons. The number of carbonyl (C=O) groups is 1. The number of rotatable bonds is 4. The predicted molar refractivity (Wildman–Crippen MR) is 63.9 cm³/mol. The molecule has 0 atom stereocenters. The van der Waals surface area contributed by atoms with Crippen LogP contribution in [0.1, 0.15) is 11.3 Å². The van der Waals surface area contributed by atoms with Crippen LogP contribution in [0.5, 0.6) is 0 Å². The summed E-state index contributed by atoms with van der Waals surface area (Å²) in [7, 11) is 0. The third kappa shape index (κ3) is 3.10. The van der Waals surface area contributed by atoms with Gasteiger partial charge in [0.05, 0.1) is 12.8 Å². The molecule has 2 aromatic heterocycles. The quantitative estimate of drug-likeness (QED) is 0.825. The Labute approximate surface area is 97.4 Å². The van der Waals surface area contributed by atoms with E-state index >= 15 is 0 Å². The number of nitrogens with one attached hydrogen (secondary N) is 1. The molecule has 2 heterocycles. The minimum atomic E-state index is -0.123. The Balaban J connectivity index is 1.81. The number of carbonyl (C=O) groups excluding carboxylic acids is 1. The Morgan fingerprint density at radius 1 is 1.50 bits per heavy atom. The van der Waals surface area contributed by atoms with Crippen molar-refractivity contribution in [2.24, 2.45) is 0 Å². The van der Waals surface area contributed by atoms with Crippen molar-refractivity contribution in [3.63, 3.8) is 0 Å². The van der Waals surface area contributed by atoms with E-state index in [1.54, 1.807) is 29.7 Å². The predicted octanol–water partition coefficient (Wildman–Crippen LogP) is 2.67. The summed E-state index contributed by atoms with van der Waals surface area (Å²) < 4.78 is 5.10. The van der Waals surface area contributed by atoms with Crippen LogP contribution < -0.4 is 5.32 Å². The SMILES string of the molecule is O=C(/C=C/c1ccsc1)NCc1ccco1. The number of amides is 1. The molecule has 0 aliphatic heterocycles. The molecule has 0 unspecified atom stereocenters. The molecule has 0 saturated carbocycles. The van der Waals surface area contributed by atoms with Crippen molar-refractivity contribution in [2.75, 3.05) is 0 Å². The van der Waals surface area contributed by atoms with Crippen molar-refractivity contribution in [3.05, 3.63) is 52.6 Å². The molecular weight excluding hydrogens is 222 g/mol. The van der Waals surface area contributed by atoms with Crippen molar-refractivity contribution < 1.29 is 9.21 Å². The smallest absolute Gasteiger partial charge is 0.244 e. The van der Waals surface area contributed by atoms with Crippen LogP contribution in [0, 0.1) is 0 Å². The maximum atomic E-state index is 11.4. The van der Waals surface area contributed by atoms with Gasteiger partial charge in [0, 0.05) is 6.08 Å². The van der Waals surface area contributed by atoms with Gasteiger partial charge >= 0.3 is 0 Å². The van der Waals surface area contributed by atoms with Crippen molar-refractivity contribution in [2.45, 2.75) is 6.54 Å². The van der Waals surface area contributed by atoms with Crippen molar-refractivity contribution in [1.82, 2.24) is 5.32 Å². The lowest BCUT2D eigenvalue weighted by molar-refractivity contribution is -0.116. The molecule has 0 saturated heterocycles. The molecule has 0 aliphatic carbocycles. The van der Waals surface area contributed by atoms with E-state index < -0.39 is 0 Å². The minimum Gasteiger partial charge on any atom is -0.467 e. The average molecular weight is 233 g/mol. The second-order valence-corrected chi connectivity index (χ2v) is 3.97. The minimum absolute atomic E-state index is 0.123. The van der Waals surface area contributed by atoms with E-state index in [2.05, 4.69) is 5.32 Å². The van der Waals surface area contributed by atoms with Gasteiger partial charge in [-0.2, -0.15) is 11.3 Å². The first kappa shape index (κ1) is 10.7. The zero-order valence-electron chi connectivity index (χ0n) is 8.55. The van der Waals surface area contributed by atoms with Crippen LogP contribution in [0.4, 0.5) is 0 Å². The number of thiophene rings is 1. The maximum Gasteiger partial charge on any atom is 0.244 e. The molecule has 0 radical (unpaired) electrons. The van der Waals surface area contributed by atoms with E-state index in [1.807, 2.05) is 22.9 Å². The summed E-state index contributed by atoms with van der Waals surface area (Å²) in [5, 5.41) is 6.69. The van der Waals surface area contributed by atoms with E-state index in [0.717, 1.165) is 11.3 Å². The fourth-order valence-corrected chi connectivity index (χ4v) is 1.82. The van der Waals surface area contributed by atoms with Crippen molar-refractivity contribution in [3.8, 4) is 0 Å². The van der Waals surface area contributed by atoms with Crippen LogP contribution in [0.25, 0.3) is 6.08 Å². The van der Waals surface area contributed by atoms with Gasteiger partial charge in [-0.05, 0) is 40.6 Å². The largest absolute Gasteiger partial charge is 0.467 e. The van der Waals surface area contributed by atoms with Crippen molar-refractivity contribution >= 4 is 23.3 Å². The van der Waals surface area contributed by atoms with E-state index in [1.165, 1.54) is 6.08 Å². The summed E-state index contributed by atoms with van der Waals surface area (Å²) in [5.41, 5.74) is 1.04. The lowest BCUT2D eigenvalue weighted by Gasteiger charge is -1.97. The molecule has 16 heavy (non-hydrogen) atoms. The Kier molecular flexibility index (Phi) is 3.56. The van der Waals surface area contributed by atoms with E-state index in [9.17, 15) is 4.79 Å². The lowest BCUT2D eigenvalue weighted by atomic mass is 10.3. The average Bonchev–Trinajstić information content (AvgIpc) is 2.96. The lowest BCUT2D eigenvalue weighted by Crippen LogP contribution is -2.19. The first-order valence-electron chi connectivity index (χ1n) is 4.85. The highest BCUT2D eigenvalue weighted by Crippen LogP contribution is 2.07. The Morgan fingerprint density at radius 2 is 2.44 bits per heavy atom. The van der Waals surface area contributed by atoms with Gasteiger partial charge in [0.1, 0.15) is 5.76 Å². The highest BCUT2D eigenvalue weighted by atomic mass is 32.1. The van der Waals surface area contributed by atoms with Gasteiger partial charge in [-0.1, -0.05) is 0 Å². The summed E-state index contributed by atoms with van der Waals surface area (Å²) in [6, 6.07) is 5.58. The standard InChI is InChI=1S/C12H11NO2S/c14-12(4-3-10-5-7-16-9-10)13-8-11-2-1-6-15-11/h1-7,9H,8H2,(H,13,14)/b4-3+. The van der Waals surface area contributed by atoms with Crippen LogP contribution in [0.15, 0.2) is 45.7 Å². The fourth-order valence-electron chi connectivity index (χ4n) is 1.19. The topological polar surface area (TPSA) is 42.2 Å². The zero-order valence-corrected chi connectivity index (χ0v) is 9.37. The molecule has 1 N–H and O–H groups in total. The number of hydrogen-bond donors (Lipinski definition) is 1. The van der Waals surface area contributed by atoms with Gasteiger partial charge in [0.15, 0.2) is 0 Å². The molecular formula is C12H11NO2S. The molecule has 0 fully saturated rings. The van der Waals surface area contributed by atoms with Crippen LogP contribution in [-0.2, 0) is 11.3 Å². The summed E-state index contributed by atoms with van der Waals surface area (Å²) in [6.45, 7) is 0.416. The Morgan fingerprint density at radius 3 is 3.12 bits per heavy atom. The summed E-state index contributed by atoms with van der Waals surface area (Å²) >= 11 is 1.60. The number of furan rings is 1. The molecule has 1 amide bonds. The summed E-state index contributed by atoms with van der Waals surface area (Å²) in [4.78, 5) is 11.4. The highest BCUT2D eigenvalue weighted by Gasteiger charge is 1.98. The fraction of sp³-hybridized carbons (Fsp3) is 0.0833. The van der Waals surface area contributed by atoms with Gasteiger partial charge in [-0.3, -0.25) is 4.79 Å². The first-order chi connectivity index (χ1) is 7.84. The highest BCUT2D eigenvalue weighted by molar-refractivity contribution is 7.08. The van der Waals surface area contributed by atoms with Crippen molar-refractivity contribution in [1.29, 1.82) is 0 Å². The van der Waals surface area contributed by atoms with Gasteiger partial charge < -0.3 is 9.73 Å². The second-order valence-electron chi connectivity index (χ2n) is 3.19. The van der Waals surface area contributed by atoms with E-state index in [-0.39, 0.29) is 5.91 Å². The monoisotopic (exact) mass is 233 g/mol. The molecule has 2 rings (SSSR count). The molecule has 0 aliphatic rings. The Hall–Kier alpha value is -1.81. The normalized spacial score (nSPS) is 10.8. The summed E-state index contributed by atoms with van der Waals surface area (Å²) in [6.07, 6.45) is 4.89. The number of hydrogen-bond acceptors (Lipinski definition) is 3. The van der Waals surface area contributed by atoms with Crippen LogP contribution >= 0.6 is 11.3 Å². The molecule has 0 aromatic carbocycles. The molecule has 3 nitrogen and oxygen atoms in total. The first-order valence-corrected chi connectivity index (χ1v) is 5.79. The van der Waals surface area contributed by atoms with Gasteiger partial charge in [0.25, 0.3) is 0 Å². The van der Waals surface area contributed by atoms with Crippen LogP contribution in [0.3, 0.4) is 0 Å². The zero-order chi connectivity index (χ0) is 11.2. The third-order valence-electron chi connectivity index (χ3n) is 1.99. The third-order valence-corrected chi connectivity index (χ3v) is 2.69. The maximum absolute atomic E-state index is 11.4. The second kappa shape index (κ2) is 5.32. The van der Waals surface area contributed by atoms with E-state index in [0.29, 0.717) is 6.54 Å². The molecule has 0 bridgehead atoms. The molecule has 2 aromatic rings. The molecule has 4 heteroatoms. The summed E-state index contributed by atoms with van der Waals surface area (Å²) in [5.74, 6) is 0.625. The van der Waals surface area contributed by atoms with Gasteiger partial charge in [0.2, 0.25) is 5.91 Å². The van der Waals surface area contributed by atoms with Crippen LogP contribution in [-0.4, -0.2) is 5.91 Å².